The zero-order valence-electron chi connectivity index (χ0n) is 13.5. The van der Waals surface area contributed by atoms with Crippen molar-refractivity contribution in [3.8, 4) is 12.3 Å². The summed E-state index contributed by atoms with van der Waals surface area (Å²) in [6.45, 7) is 4.18. The van der Waals surface area contributed by atoms with E-state index in [-0.39, 0.29) is 29.7 Å². The molecule has 0 spiro atoms. The molecule has 0 aromatic rings. The van der Waals surface area contributed by atoms with Crippen molar-refractivity contribution in [2.24, 2.45) is 5.92 Å². The number of terminal acetylenes is 1. The van der Waals surface area contributed by atoms with Crippen molar-refractivity contribution in [2.45, 2.75) is 44.7 Å². The molecule has 1 aliphatic carbocycles. The van der Waals surface area contributed by atoms with E-state index in [9.17, 15) is 13.2 Å². The normalized spacial score (nSPS) is 22.0. The Morgan fingerprint density at radius 3 is 2.36 bits per heavy atom. The third kappa shape index (κ3) is 4.72. The van der Waals surface area contributed by atoms with Crippen molar-refractivity contribution in [3.63, 3.8) is 0 Å². The maximum Gasteiger partial charge on any atom is 0.226 e. The van der Waals surface area contributed by atoms with Crippen molar-refractivity contribution in [1.29, 1.82) is 0 Å². The van der Waals surface area contributed by atoms with Gasteiger partial charge in [-0.15, -0.1) is 6.42 Å². The van der Waals surface area contributed by atoms with E-state index >= 15 is 0 Å². The van der Waals surface area contributed by atoms with Gasteiger partial charge in [0.05, 0.1) is 12.3 Å². The number of amides is 1. The molecule has 1 heterocycles. The Morgan fingerprint density at radius 1 is 1.32 bits per heavy atom. The molecular formula is C16H26N2O3S. The van der Waals surface area contributed by atoms with Gasteiger partial charge in [-0.25, -0.2) is 8.42 Å². The van der Waals surface area contributed by atoms with Crippen molar-refractivity contribution in [3.05, 3.63) is 0 Å². The number of hydrogen-bond donors (Lipinski definition) is 0. The summed E-state index contributed by atoms with van der Waals surface area (Å²) in [6.07, 6.45) is 10.2. The van der Waals surface area contributed by atoms with Crippen LogP contribution in [0.4, 0.5) is 0 Å². The van der Waals surface area contributed by atoms with Crippen LogP contribution in [0, 0.1) is 18.3 Å². The molecule has 124 valence electrons. The van der Waals surface area contributed by atoms with Crippen LogP contribution in [0.1, 0.15) is 32.6 Å². The van der Waals surface area contributed by atoms with Crippen LogP contribution in [-0.4, -0.2) is 67.9 Å². The molecule has 2 aliphatic rings. The minimum atomic E-state index is -3.08. The van der Waals surface area contributed by atoms with Gasteiger partial charge in [0, 0.05) is 24.3 Å². The molecule has 2 fully saturated rings. The van der Waals surface area contributed by atoms with Crippen molar-refractivity contribution in [2.75, 3.05) is 31.6 Å². The summed E-state index contributed by atoms with van der Waals surface area (Å²) in [5.41, 5.74) is 0. The number of sulfone groups is 1. The lowest BCUT2D eigenvalue weighted by atomic mass is 9.94. The van der Waals surface area contributed by atoms with Gasteiger partial charge in [-0.2, -0.15) is 0 Å². The van der Waals surface area contributed by atoms with Crippen LogP contribution >= 0.6 is 0 Å². The maximum atomic E-state index is 12.8. The third-order valence-electron chi connectivity index (χ3n) is 4.47. The Hall–Kier alpha value is -1.06. The second-order valence-electron chi connectivity index (χ2n) is 6.67. The number of hydrogen-bond acceptors (Lipinski definition) is 4. The lowest BCUT2D eigenvalue weighted by molar-refractivity contribution is -0.139. The predicted octanol–water partition coefficient (Wildman–Crippen LogP) is 0.756. The predicted molar refractivity (Wildman–Crippen MR) is 87.0 cm³/mol. The van der Waals surface area contributed by atoms with E-state index in [1.54, 1.807) is 0 Å². The molecule has 0 aromatic carbocycles. The second-order valence-corrected chi connectivity index (χ2v) is 8.86. The lowest BCUT2D eigenvalue weighted by Crippen LogP contribution is -2.48. The first-order valence-corrected chi connectivity index (χ1v) is 10.0. The van der Waals surface area contributed by atoms with E-state index in [2.05, 4.69) is 10.8 Å². The molecule has 1 saturated heterocycles. The van der Waals surface area contributed by atoms with E-state index < -0.39 is 9.84 Å². The van der Waals surface area contributed by atoms with Crippen molar-refractivity contribution in [1.82, 2.24) is 9.80 Å². The van der Waals surface area contributed by atoms with Gasteiger partial charge < -0.3 is 4.90 Å². The summed E-state index contributed by atoms with van der Waals surface area (Å²) in [6, 6.07) is 0.00623. The smallest absolute Gasteiger partial charge is 0.226 e. The molecule has 0 N–H and O–H groups in total. The van der Waals surface area contributed by atoms with E-state index in [1.807, 2.05) is 11.8 Å². The van der Waals surface area contributed by atoms with E-state index in [0.29, 0.717) is 6.54 Å². The van der Waals surface area contributed by atoms with Crippen LogP contribution < -0.4 is 0 Å². The number of rotatable bonds is 6. The monoisotopic (exact) mass is 326 g/mol. The zero-order valence-corrected chi connectivity index (χ0v) is 14.3. The van der Waals surface area contributed by atoms with Gasteiger partial charge in [0.2, 0.25) is 5.91 Å². The molecule has 0 radical (unpaired) electrons. The van der Waals surface area contributed by atoms with Gasteiger partial charge in [0.1, 0.15) is 9.84 Å². The summed E-state index contributed by atoms with van der Waals surface area (Å²) in [7, 11) is -3.08. The second kappa shape index (κ2) is 7.01. The van der Waals surface area contributed by atoms with E-state index in [4.69, 9.17) is 6.42 Å². The van der Waals surface area contributed by atoms with Crippen molar-refractivity contribution < 1.29 is 13.2 Å². The Balaban J connectivity index is 1.98. The summed E-state index contributed by atoms with van der Waals surface area (Å²) < 4.78 is 23.1. The molecule has 0 bridgehead atoms. The molecular weight excluding hydrogens is 300 g/mol. The number of likely N-dealkylation sites (tertiary alicyclic amines) is 1. The minimum absolute atomic E-state index is 0.0108. The quantitative estimate of drug-likeness (QED) is 0.676. The standard InChI is InChI=1S/C16H26N2O3S/c1-4-9-17-10-7-14(8-11-17)16(19)18(15-5-6-15)13(2)12-22(3,20)21/h1,13-15H,5-12H2,2-3H3. The average Bonchev–Trinajstić information content (AvgIpc) is 3.22. The lowest BCUT2D eigenvalue weighted by Gasteiger charge is -2.36. The highest BCUT2D eigenvalue weighted by Gasteiger charge is 2.40. The Bertz CT molecular complexity index is 540. The molecule has 1 amide bonds. The minimum Gasteiger partial charge on any atom is -0.336 e. The van der Waals surface area contributed by atoms with E-state index in [0.717, 1.165) is 38.8 Å². The Kier molecular flexibility index (Phi) is 5.51. The Morgan fingerprint density at radius 2 is 1.91 bits per heavy atom. The number of piperidine rings is 1. The molecule has 2 rings (SSSR count). The van der Waals surface area contributed by atoms with Crippen LogP contribution in [0.15, 0.2) is 0 Å². The number of carbonyl (C=O) groups is 1. The van der Waals surface area contributed by atoms with Crippen LogP contribution in [0.2, 0.25) is 0 Å². The van der Waals surface area contributed by atoms with E-state index in [1.165, 1.54) is 6.26 Å². The average molecular weight is 326 g/mol. The van der Waals surface area contributed by atoms with Crippen LogP contribution in [0.5, 0.6) is 0 Å². The summed E-state index contributed by atoms with van der Waals surface area (Å²) in [5, 5.41) is 0. The summed E-state index contributed by atoms with van der Waals surface area (Å²) in [4.78, 5) is 16.9. The maximum absolute atomic E-state index is 12.8. The molecule has 1 atom stereocenters. The molecule has 5 nitrogen and oxygen atoms in total. The fourth-order valence-electron chi connectivity index (χ4n) is 3.31. The zero-order chi connectivity index (χ0) is 16.3. The van der Waals surface area contributed by atoms with Gasteiger partial charge >= 0.3 is 0 Å². The molecule has 1 saturated carbocycles. The fourth-order valence-corrected chi connectivity index (χ4v) is 4.34. The van der Waals surface area contributed by atoms with Gasteiger partial charge in [0.25, 0.3) is 0 Å². The molecule has 0 aromatic heterocycles. The fraction of sp³-hybridized carbons (Fsp3) is 0.812. The number of nitrogens with zero attached hydrogens (tertiary/aromatic N) is 2. The highest BCUT2D eigenvalue weighted by Crippen LogP contribution is 2.32. The van der Waals surface area contributed by atoms with Crippen molar-refractivity contribution >= 4 is 15.7 Å². The molecule has 1 unspecified atom stereocenters. The largest absolute Gasteiger partial charge is 0.336 e. The van der Waals surface area contributed by atoms with Crippen LogP contribution in [0.25, 0.3) is 0 Å². The first-order valence-electron chi connectivity index (χ1n) is 7.97. The highest BCUT2D eigenvalue weighted by molar-refractivity contribution is 7.90. The molecule has 1 aliphatic heterocycles. The molecule has 6 heteroatoms. The van der Waals surface area contributed by atoms with Gasteiger partial charge in [-0.05, 0) is 45.7 Å². The summed E-state index contributed by atoms with van der Waals surface area (Å²) >= 11 is 0. The van der Waals surface area contributed by atoms with Crippen LogP contribution in [0.3, 0.4) is 0 Å². The third-order valence-corrected chi connectivity index (χ3v) is 5.55. The first kappa shape index (κ1) is 17.3. The highest BCUT2D eigenvalue weighted by atomic mass is 32.2. The van der Waals surface area contributed by atoms with Gasteiger partial charge in [0.15, 0.2) is 0 Å². The first-order chi connectivity index (χ1) is 10.3. The van der Waals surface area contributed by atoms with Gasteiger partial charge in [-0.3, -0.25) is 9.69 Å². The Labute approximate surface area is 134 Å². The molecule has 22 heavy (non-hydrogen) atoms. The van der Waals surface area contributed by atoms with Crippen LogP contribution in [-0.2, 0) is 14.6 Å². The SMILES string of the molecule is C#CCN1CCC(C(=O)N(C(C)CS(C)(=O)=O)C2CC2)CC1. The summed E-state index contributed by atoms with van der Waals surface area (Å²) in [5.74, 6) is 2.84. The number of carbonyl (C=O) groups excluding carboxylic acids is 1. The topological polar surface area (TPSA) is 57.7 Å². The van der Waals surface area contributed by atoms with Gasteiger partial charge in [-0.1, -0.05) is 5.92 Å².